The van der Waals surface area contributed by atoms with Crippen LogP contribution in [0.1, 0.15) is 30.4 Å². The molecule has 0 radical (unpaired) electrons. The molecule has 0 aliphatic heterocycles. The summed E-state index contributed by atoms with van der Waals surface area (Å²) < 4.78 is 0. The summed E-state index contributed by atoms with van der Waals surface area (Å²) in [6.45, 7) is 6.95. The van der Waals surface area contributed by atoms with E-state index in [1.165, 1.54) is 0 Å². The SMILES string of the molecule is Cc1nc(CCN)sc1-c1n[nH]c(CC(C)C)n1. The van der Waals surface area contributed by atoms with Gasteiger partial charge in [0.1, 0.15) is 5.82 Å². The maximum atomic E-state index is 5.55. The fraction of sp³-hybridized carbons (Fsp3) is 0.583. The first kappa shape index (κ1) is 13.2. The molecule has 18 heavy (non-hydrogen) atoms. The number of aromatic amines is 1. The molecule has 2 aromatic heterocycles. The molecule has 6 heteroatoms. The second-order valence-corrected chi connectivity index (χ2v) is 5.85. The highest BCUT2D eigenvalue weighted by Crippen LogP contribution is 2.27. The van der Waals surface area contributed by atoms with Crippen molar-refractivity contribution in [2.24, 2.45) is 11.7 Å². The summed E-state index contributed by atoms with van der Waals surface area (Å²) in [6, 6.07) is 0. The minimum Gasteiger partial charge on any atom is -0.330 e. The summed E-state index contributed by atoms with van der Waals surface area (Å²) in [6.07, 6.45) is 1.73. The van der Waals surface area contributed by atoms with Crippen molar-refractivity contribution in [2.75, 3.05) is 6.54 Å². The average Bonchev–Trinajstić information content (AvgIpc) is 2.85. The van der Waals surface area contributed by atoms with Crippen molar-refractivity contribution in [1.29, 1.82) is 0 Å². The molecule has 0 aliphatic carbocycles. The van der Waals surface area contributed by atoms with Crippen LogP contribution < -0.4 is 5.73 Å². The van der Waals surface area contributed by atoms with Crippen LogP contribution in [0.4, 0.5) is 0 Å². The first-order valence-corrected chi connectivity index (χ1v) is 6.99. The second-order valence-electron chi connectivity index (χ2n) is 4.76. The number of rotatable bonds is 5. The summed E-state index contributed by atoms with van der Waals surface area (Å²) in [7, 11) is 0. The Kier molecular flexibility index (Phi) is 4.08. The topological polar surface area (TPSA) is 80.5 Å². The van der Waals surface area contributed by atoms with E-state index in [2.05, 4.69) is 34.0 Å². The number of aromatic nitrogens is 4. The molecule has 2 aromatic rings. The Bertz CT molecular complexity index is 514. The molecule has 0 bridgehead atoms. The smallest absolute Gasteiger partial charge is 0.193 e. The molecule has 0 aromatic carbocycles. The second kappa shape index (κ2) is 5.58. The Labute approximate surface area is 111 Å². The zero-order chi connectivity index (χ0) is 13.1. The number of nitrogens with two attached hydrogens (primary N) is 1. The van der Waals surface area contributed by atoms with E-state index in [1.54, 1.807) is 11.3 Å². The molecule has 0 fully saturated rings. The lowest BCUT2D eigenvalue weighted by Crippen LogP contribution is -2.01. The molecule has 0 atom stereocenters. The van der Waals surface area contributed by atoms with Crippen molar-refractivity contribution >= 4 is 11.3 Å². The van der Waals surface area contributed by atoms with E-state index in [0.717, 1.165) is 40.1 Å². The van der Waals surface area contributed by atoms with E-state index in [1.807, 2.05) is 6.92 Å². The molecule has 3 N–H and O–H groups in total. The van der Waals surface area contributed by atoms with E-state index in [4.69, 9.17) is 5.73 Å². The van der Waals surface area contributed by atoms with Crippen LogP contribution in [0.3, 0.4) is 0 Å². The number of nitrogens with zero attached hydrogens (tertiary/aromatic N) is 3. The quantitative estimate of drug-likeness (QED) is 0.865. The molecule has 5 nitrogen and oxygen atoms in total. The minimum atomic E-state index is 0.571. The Hall–Kier alpha value is -1.27. The normalized spacial score (nSPS) is 11.4. The molecular formula is C12H19N5S. The van der Waals surface area contributed by atoms with Crippen LogP contribution in [0.2, 0.25) is 0 Å². The third-order valence-electron chi connectivity index (χ3n) is 2.54. The lowest BCUT2D eigenvalue weighted by atomic mass is 10.1. The van der Waals surface area contributed by atoms with Crippen LogP contribution in [0.5, 0.6) is 0 Å². The van der Waals surface area contributed by atoms with Crippen molar-refractivity contribution < 1.29 is 0 Å². The van der Waals surface area contributed by atoms with Gasteiger partial charge in [0, 0.05) is 12.8 Å². The maximum Gasteiger partial charge on any atom is 0.193 e. The summed E-state index contributed by atoms with van der Waals surface area (Å²) in [5, 5.41) is 8.33. The van der Waals surface area contributed by atoms with Crippen molar-refractivity contribution in [2.45, 2.75) is 33.6 Å². The zero-order valence-corrected chi connectivity index (χ0v) is 11.8. The minimum absolute atomic E-state index is 0.571. The van der Waals surface area contributed by atoms with Gasteiger partial charge >= 0.3 is 0 Å². The van der Waals surface area contributed by atoms with E-state index >= 15 is 0 Å². The van der Waals surface area contributed by atoms with Gasteiger partial charge in [-0.2, -0.15) is 5.10 Å². The number of H-pyrrole nitrogens is 1. The number of hydrogen-bond acceptors (Lipinski definition) is 5. The van der Waals surface area contributed by atoms with Crippen LogP contribution in [0, 0.1) is 12.8 Å². The van der Waals surface area contributed by atoms with Gasteiger partial charge in [-0.3, -0.25) is 5.10 Å². The van der Waals surface area contributed by atoms with Crippen molar-refractivity contribution in [1.82, 2.24) is 20.2 Å². The third kappa shape index (κ3) is 2.94. The number of thiazole rings is 1. The van der Waals surface area contributed by atoms with Gasteiger partial charge in [-0.25, -0.2) is 9.97 Å². The molecule has 0 saturated heterocycles. The lowest BCUT2D eigenvalue weighted by molar-refractivity contribution is 0.622. The van der Waals surface area contributed by atoms with Gasteiger partial charge in [-0.05, 0) is 19.4 Å². The molecule has 0 spiro atoms. The monoisotopic (exact) mass is 265 g/mol. The largest absolute Gasteiger partial charge is 0.330 e. The zero-order valence-electron chi connectivity index (χ0n) is 11.0. The molecule has 0 unspecified atom stereocenters. The molecule has 0 amide bonds. The van der Waals surface area contributed by atoms with Crippen LogP contribution >= 0.6 is 11.3 Å². The van der Waals surface area contributed by atoms with Gasteiger partial charge in [-0.15, -0.1) is 11.3 Å². The standard InChI is InChI=1S/C12H19N5S/c1-7(2)6-9-15-12(17-16-9)11-8(3)14-10(18-11)4-5-13/h7H,4-6,13H2,1-3H3,(H,15,16,17). The van der Waals surface area contributed by atoms with Gasteiger partial charge in [-0.1, -0.05) is 13.8 Å². The highest BCUT2D eigenvalue weighted by atomic mass is 32.1. The average molecular weight is 265 g/mol. The Balaban J connectivity index is 2.22. The molecule has 0 aliphatic rings. The first-order valence-electron chi connectivity index (χ1n) is 6.18. The van der Waals surface area contributed by atoms with E-state index in [0.29, 0.717) is 12.5 Å². The summed E-state index contributed by atoms with van der Waals surface area (Å²) in [4.78, 5) is 10.1. The molecule has 0 saturated carbocycles. The molecule has 98 valence electrons. The third-order valence-corrected chi connectivity index (χ3v) is 3.75. The van der Waals surface area contributed by atoms with E-state index < -0.39 is 0 Å². The van der Waals surface area contributed by atoms with Crippen LogP contribution in [-0.2, 0) is 12.8 Å². The summed E-state index contributed by atoms with van der Waals surface area (Å²) >= 11 is 1.63. The van der Waals surface area contributed by atoms with Crippen molar-refractivity contribution in [3.63, 3.8) is 0 Å². The first-order chi connectivity index (χ1) is 8.60. The summed E-state index contributed by atoms with van der Waals surface area (Å²) in [5.41, 5.74) is 6.53. The number of nitrogens with one attached hydrogen (secondary N) is 1. The molecular weight excluding hydrogens is 246 g/mol. The Morgan fingerprint density at radius 2 is 2.11 bits per heavy atom. The molecule has 2 rings (SSSR count). The van der Waals surface area contributed by atoms with Crippen molar-refractivity contribution in [3.05, 3.63) is 16.5 Å². The van der Waals surface area contributed by atoms with E-state index in [-0.39, 0.29) is 0 Å². The fourth-order valence-corrected chi connectivity index (χ4v) is 2.78. The van der Waals surface area contributed by atoms with Crippen LogP contribution in [0.25, 0.3) is 10.7 Å². The van der Waals surface area contributed by atoms with Crippen molar-refractivity contribution in [3.8, 4) is 10.7 Å². The van der Waals surface area contributed by atoms with E-state index in [9.17, 15) is 0 Å². The van der Waals surface area contributed by atoms with Gasteiger partial charge in [0.25, 0.3) is 0 Å². The Morgan fingerprint density at radius 3 is 2.78 bits per heavy atom. The number of hydrogen-bond donors (Lipinski definition) is 2. The Morgan fingerprint density at radius 1 is 1.33 bits per heavy atom. The highest BCUT2D eigenvalue weighted by molar-refractivity contribution is 7.15. The van der Waals surface area contributed by atoms with Crippen LogP contribution in [0.15, 0.2) is 0 Å². The van der Waals surface area contributed by atoms with Gasteiger partial charge < -0.3 is 5.73 Å². The molecule has 2 heterocycles. The summed E-state index contributed by atoms with van der Waals surface area (Å²) in [5.74, 6) is 2.26. The fourth-order valence-electron chi connectivity index (χ4n) is 1.77. The van der Waals surface area contributed by atoms with Gasteiger partial charge in [0.05, 0.1) is 15.6 Å². The maximum absolute atomic E-state index is 5.55. The predicted octanol–water partition coefficient (Wildman–Crippen LogP) is 1.94. The number of aryl methyl sites for hydroxylation is 1. The predicted molar refractivity (Wildman–Crippen MR) is 73.5 cm³/mol. The van der Waals surface area contributed by atoms with Gasteiger partial charge in [0.2, 0.25) is 0 Å². The van der Waals surface area contributed by atoms with Gasteiger partial charge in [0.15, 0.2) is 5.82 Å². The van der Waals surface area contributed by atoms with Crippen LogP contribution in [-0.4, -0.2) is 26.7 Å². The lowest BCUT2D eigenvalue weighted by Gasteiger charge is -1.97. The highest BCUT2D eigenvalue weighted by Gasteiger charge is 2.14.